The second-order valence-corrected chi connectivity index (χ2v) is 19.9. The maximum Gasteiger partial charge on any atom is 0.329 e. The second-order valence-electron chi connectivity index (χ2n) is 19.9. The van der Waals surface area contributed by atoms with E-state index in [1.54, 1.807) is 28.1 Å². The zero-order valence-electron chi connectivity index (χ0n) is 42.1. The van der Waals surface area contributed by atoms with Gasteiger partial charge in [-0.25, -0.2) is 4.79 Å². The molecule has 14 nitrogen and oxygen atoms in total. The van der Waals surface area contributed by atoms with Crippen LogP contribution in [0.5, 0.6) is 0 Å². The molecular formula is C53H83NO13. The van der Waals surface area contributed by atoms with Gasteiger partial charge in [0.2, 0.25) is 5.79 Å². The molecule has 1 aliphatic carbocycles. The molecule has 3 heterocycles. The first-order valence-electron chi connectivity index (χ1n) is 24.9. The van der Waals surface area contributed by atoms with E-state index < -0.39 is 65.7 Å². The quantitative estimate of drug-likeness (QED) is 0.134. The van der Waals surface area contributed by atoms with Crippen molar-refractivity contribution in [1.82, 2.24) is 4.90 Å². The van der Waals surface area contributed by atoms with Gasteiger partial charge in [0.15, 0.2) is 5.78 Å². The first-order chi connectivity index (χ1) is 31.9. The van der Waals surface area contributed by atoms with Crippen LogP contribution in [0, 0.1) is 35.5 Å². The Labute approximate surface area is 400 Å². The molecule has 4 rings (SSSR count). The fraction of sp³-hybridized carbons (Fsp3) is 0.755. The average Bonchev–Trinajstić information content (AvgIpc) is 3.31. The summed E-state index contributed by atoms with van der Waals surface area (Å²) in [6, 6.07) is -1.10. The predicted molar refractivity (Wildman–Crippen MR) is 255 cm³/mol. The lowest BCUT2D eigenvalue weighted by molar-refractivity contribution is -0.265. The van der Waals surface area contributed by atoms with E-state index in [-0.39, 0.29) is 80.0 Å². The van der Waals surface area contributed by atoms with E-state index in [0.29, 0.717) is 57.8 Å². The van der Waals surface area contributed by atoms with Crippen molar-refractivity contribution in [2.24, 2.45) is 35.5 Å². The van der Waals surface area contributed by atoms with Gasteiger partial charge in [0.25, 0.3) is 11.7 Å². The topological polar surface area (TPSA) is 184 Å². The van der Waals surface area contributed by atoms with E-state index in [1.165, 1.54) is 12.0 Å². The number of carbonyl (C=O) groups excluding carboxylic acids is 5. The van der Waals surface area contributed by atoms with Crippen LogP contribution < -0.4 is 0 Å². The summed E-state index contributed by atoms with van der Waals surface area (Å²) in [5.74, 6) is -6.96. The lowest BCUT2D eigenvalue weighted by Gasteiger charge is -2.42. The molecule has 1 amide bonds. The van der Waals surface area contributed by atoms with E-state index in [9.17, 15) is 34.2 Å². The number of allylic oxidation sites excluding steroid dienone is 6. The number of amides is 1. The number of esters is 1. The van der Waals surface area contributed by atoms with Crippen LogP contribution in [0.4, 0.5) is 0 Å². The van der Waals surface area contributed by atoms with Crippen molar-refractivity contribution in [2.45, 2.75) is 180 Å². The number of aliphatic hydroxyl groups is 2. The number of ketones is 3. The molecule has 2 saturated heterocycles. The molecule has 2 bridgehead atoms. The molecule has 1 saturated carbocycles. The minimum Gasteiger partial charge on any atom is -0.460 e. The number of Topliss-reactive ketones (excluding diaryl/α,β-unsaturated/α-hetero) is 3. The Balaban J connectivity index is 1.67. The molecule has 0 aromatic rings. The SMILES string of the molecule is CO[C@H]1C[C@@H]2CC[C@@H](C)[C@@](O)(O2)C(=O)C(=O)N2CCCC[C@H]2C(=O)OC(CC[C@@H]2CC[C@@H](OCCO)[C@H](OC)C2)CC(=O)[C@H](C)/C=C(\C)[C@@H](C)[C@@H](OC)C(=O)[C@H](C)C[C@H](C)/C=C/C=C/C=C/1C. The molecule has 0 spiro atoms. The third kappa shape index (κ3) is 15.6. The van der Waals surface area contributed by atoms with Crippen LogP contribution in [0.25, 0.3) is 0 Å². The highest BCUT2D eigenvalue weighted by atomic mass is 16.6. The Kier molecular flexibility index (Phi) is 22.8. The van der Waals surface area contributed by atoms with E-state index in [4.69, 9.17) is 28.4 Å². The van der Waals surface area contributed by atoms with Gasteiger partial charge < -0.3 is 43.5 Å². The summed E-state index contributed by atoms with van der Waals surface area (Å²) < 4.78 is 35.7. The highest BCUT2D eigenvalue weighted by Crippen LogP contribution is 2.37. The number of fused-ring (bicyclic) bond motifs is 3. The maximum atomic E-state index is 14.3. The van der Waals surface area contributed by atoms with Crippen molar-refractivity contribution in [2.75, 3.05) is 41.1 Å². The molecular weight excluding hydrogens is 859 g/mol. The number of nitrogens with zero attached hydrogens (tertiary/aromatic N) is 1. The highest BCUT2D eigenvalue weighted by molar-refractivity contribution is 6.39. The van der Waals surface area contributed by atoms with Gasteiger partial charge in [-0.3, -0.25) is 19.2 Å². The summed E-state index contributed by atoms with van der Waals surface area (Å²) in [5.41, 5.74) is 1.74. The third-order valence-electron chi connectivity index (χ3n) is 14.9. The van der Waals surface area contributed by atoms with Crippen molar-refractivity contribution >= 4 is 29.2 Å². The Hall–Kier alpha value is -3.37. The lowest BCUT2D eigenvalue weighted by atomic mass is 9.81. The van der Waals surface area contributed by atoms with Crippen molar-refractivity contribution in [3.05, 3.63) is 47.6 Å². The lowest BCUT2D eigenvalue weighted by Crippen LogP contribution is -2.60. The number of hydrogen-bond donors (Lipinski definition) is 2. The van der Waals surface area contributed by atoms with Gasteiger partial charge >= 0.3 is 5.97 Å². The number of hydrogen-bond acceptors (Lipinski definition) is 13. The van der Waals surface area contributed by atoms with Crippen LogP contribution in [-0.2, 0) is 52.4 Å². The third-order valence-corrected chi connectivity index (χ3v) is 14.9. The van der Waals surface area contributed by atoms with E-state index in [0.717, 1.165) is 24.0 Å². The summed E-state index contributed by atoms with van der Waals surface area (Å²) in [5, 5.41) is 21.3. The predicted octanol–water partition coefficient (Wildman–Crippen LogP) is 7.23. The zero-order valence-corrected chi connectivity index (χ0v) is 42.1. The van der Waals surface area contributed by atoms with Gasteiger partial charge in [0.1, 0.15) is 24.0 Å². The molecule has 0 aromatic heterocycles. The van der Waals surface area contributed by atoms with Crippen molar-refractivity contribution in [3.8, 4) is 0 Å². The van der Waals surface area contributed by atoms with Crippen LogP contribution in [0.2, 0.25) is 0 Å². The van der Waals surface area contributed by atoms with Crippen LogP contribution in [-0.4, -0.2) is 134 Å². The number of piperidine rings is 1. The molecule has 14 atom stereocenters. The number of aliphatic hydroxyl groups excluding tert-OH is 1. The number of carbonyl (C=O) groups is 5. The second kappa shape index (κ2) is 27.1. The zero-order chi connectivity index (χ0) is 49.4. The smallest absolute Gasteiger partial charge is 0.329 e. The first kappa shape index (κ1) is 56.2. The van der Waals surface area contributed by atoms with Crippen LogP contribution in [0.1, 0.15) is 132 Å². The van der Waals surface area contributed by atoms with Crippen molar-refractivity contribution < 1.29 is 62.6 Å². The largest absolute Gasteiger partial charge is 0.460 e. The number of cyclic esters (lactones) is 1. The average molecular weight is 942 g/mol. The van der Waals surface area contributed by atoms with Crippen molar-refractivity contribution in [1.29, 1.82) is 0 Å². The standard InChI is InChI=1S/C53H83NO13/c1-33-16-12-11-13-17-34(2)46(62-8)32-42-22-19-38(6)53(61,67-42)50(58)51(59)54-25-15-14-18-43(54)52(60)66-41(23-20-40-21-24-45(65-27-26-55)47(30-40)63-9)31-44(56)36(4)29-35(3)39(7)49(64-10)48(57)37(5)28-33/h11-13,16-17,29,33,36-43,45-47,49,55,61H,14-15,18-28,30-32H2,1-10H3/b13-11+,16-12+,34-17+,35-29+/t33-,36-,37-,38-,39-,40-,41?,42+,43+,45-,46+,47-,49-,53-/m1/s1. The van der Waals surface area contributed by atoms with Crippen LogP contribution in [0.3, 0.4) is 0 Å². The molecule has 0 radical (unpaired) electrons. The molecule has 2 N–H and O–H groups in total. The van der Waals surface area contributed by atoms with E-state index in [1.807, 2.05) is 58.1 Å². The van der Waals surface area contributed by atoms with Crippen LogP contribution >= 0.6 is 0 Å². The Morgan fingerprint density at radius 3 is 2.24 bits per heavy atom. The Morgan fingerprint density at radius 1 is 0.806 bits per heavy atom. The first-order valence-corrected chi connectivity index (χ1v) is 24.9. The molecule has 3 aliphatic heterocycles. The summed E-state index contributed by atoms with van der Waals surface area (Å²) >= 11 is 0. The molecule has 14 heteroatoms. The normalized spacial score (nSPS) is 39.1. The summed E-state index contributed by atoms with van der Waals surface area (Å²) in [4.78, 5) is 72.0. The van der Waals surface area contributed by atoms with E-state index >= 15 is 0 Å². The van der Waals surface area contributed by atoms with Gasteiger partial charge in [-0.1, -0.05) is 76.6 Å². The Bertz CT molecular complexity index is 1770. The van der Waals surface area contributed by atoms with Gasteiger partial charge in [-0.2, -0.15) is 0 Å². The van der Waals surface area contributed by atoms with Gasteiger partial charge in [-0.05, 0) is 102 Å². The minimum atomic E-state index is -2.41. The summed E-state index contributed by atoms with van der Waals surface area (Å²) in [6.07, 6.45) is 15.3. The van der Waals surface area contributed by atoms with Crippen LogP contribution in [0.15, 0.2) is 47.6 Å². The molecule has 1 unspecified atom stereocenters. The molecule has 3 fully saturated rings. The fourth-order valence-electron chi connectivity index (χ4n) is 10.4. The molecule has 0 aromatic carbocycles. The monoisotopic (exact) mass is 942 g/mol. The van der Waals surface area contributed by atoms with Gasteiger partial charge in [0, 0.05) is 64.4 Å². The van der Waals surface area contributed by atoms with Gasteiger partial charge in [0.05, 0.1) is 37.6 Å². The number of ether oxygens (including phenoxy) is 6. The molecule has 67 heavy (non-hydrogen) atoms. The molecule has 4 aliphatic rings. The van der Waals surface area contributed by atoms with Gasteiger partial charge in [-0.15, -0.1) is 0 Å². The summed E-state index contributed by atoms with van der Waals surface area (Å²) in [6.45, 7) is 13.5. The highest BCUT2D eigenvalue weighted by Gasteiger charge is 2.53. The number of methoxy groups -OCH3 is 3. The van der Waals surface area contributed by atoms with E-state index in [2.05, 4.69) is 13.0 Å². The van der Waals surface area contributed by atoms with Crippen molar-refractivity contribution in [3.63, 3.8) is 0 Å². The maximum absolute atomic E-state index is 14.3. The fourth-order valence-corrected chi connectivity index (χ4v) is 10.4. The Morgan fingerprint density at radius 2 is 1.55 bits per heavy atom. The summed E-state index contributed by atoms with van der Waals surface area (Å²) in [7, 11) is 4.77. The molecule has 378 valence electrons. The number of rotatable bonds is 9. The minimum absolute atomic E-state index is 0.00546.